The third-order valence-electron chi connectivity index (χ3n) is 2.87. The summed E-state index contributed by atoms with van der Waals surface area (Å²) in [7, 11) is 1.88. The van der Waals surface area contributed by atoms with Gasteiger partial charge in [0.25, 0.3) is 0 Å². The lowest BCUT2D eigenvalue weighted by atomic mass is 10.3. The number of guanidine groups is 1. The molecule has 1 saturated heterocycles. The fourth-order valence-electron chi connectivity index (χ4n) is 1.89. The Balaban J connectivity index is 0.00000324. The molecule has 1 aliphatic rings. The van der Waals surface area contributed by atoms with Crippen molar-refractivity contribution in [2.24, 2.45) is 4.99 Å². The van der Waals surface area contributed by atoms with Gasteiger partial charge in [-0.15, -0.1) is 30.6 Å². The fourth-order valence-corrected chi connectivity index (χ4v) is 3.65. The van der Waals surface area contributed by atoms with E-state index in [0.717, 1.165) is 42.3 Å². The monoisotopic (exact) mass is 415 g/mol. The van der Waals surface area contributed by atoms with Crippen LogP contribution in [0.1, 0.15) is 13.3 Å². The Labute approximate surface area is 143 Å². The molecule has 112 valence electrons. The predicted octanol–water partition coefficient (Wildman–Crippen LogP) is 2.93. The lowest BCUT2D eigenvalue weighted by Gasteiger charge is -2.34. The Morgan fingerprint density at radius 3 is 3.05 bits per heavy atom. The van der Waals surface area contributed by atoms with Crippen molar-refractivity contribution in [3.63, 3.8) is 0 Å². The van der Waals surface area contributed by atoms with Crippen molar-refractivity contribution in [3.8, 4) is 0 Å². The van der Waals surface area contributed by atoms with Gasteiger partial charge in [0, 0.05) is 49.2 Å². The molecular formula is C13H26IN3S2. The zero-order chi connectivity index (χ0) is 13.2. The van der Waals surface area contributed by atoms with E-state index in [1.165, 1.54) is 12.2 Å². The zero-order valence-electron chi connectivity index (χ0n) is 11.9. The number of nitrogens with zero attached hydrogens (tertiary/aromatic N) is 2. The Kier molecular flexibility index (Phi) is 12.5. The van der Waals surface area contributed by atoms with Gasteiger partial charge in [0.15, 0.2) is 5.96 Å². The average molecular weight is 415 g/mol. The zero-order valence-corrected chi connectivity index (χ0v) is 15.9. The van der Waals surface area contributed by atoms with Gasteiger partial charge >= 0.3 is 0 Å². The number of hydrogen-bond donors (Lipinski definition) is 1. The van der Waals surface area contributed by atoms with Gasteiger partial charge in [-0.2, -0.15) is 23.5 Å². The van der Waals surface area contributed by atoms with E-state index in [4.69, 9.17) is 0 Å². The van der Waals surface area contributed by atoms with Crippen molar-refractivity contribution in [2.75, 3.05) is 43.9 Å². The average Bonchev–Trinajstić information content (AvgIpc) is 2.43. The van der Waals surface area contributed by atoms with Crippen LogP contribution in [-0.2, 0) is 0 Å². The van der Waals surface area contributed by atoms with Crippen LogP contribution in [-0.4, -0.2) is 60.0 Å². The first-order valence-corrected chi connectivity index (χ1v) is 8.78. The lowest BCUT2D eigenvalue weighted by molar-refractivity contribution is 0.409. The molecule has 0 aliphatic carbocycles. The summed E-state index contributed by atoms with van der Waals surface area (Å²) in [5.41, 5.74) is 0. The number of aliphatic imine (C=N–C) groups is 1. The van der Waals surface area contributed by atoms with Crippen LogP contribution in [0, 0.1) is 0 Å². The minimum absolute atomic E-state index is 0. The quantitative estimate of drug-likeness (QED) is 0.237. The van der Waals surface area contributed by atoms with Crippen LogP contribution in [0.25, 0.3) is 0 Å². The van der Waals surface area contributed by atoms with E-state index in [1.807, 2.05) is 24.9 Å². The Morgan fingerprint density at radius 1 is 1.63 bits per heavy atom. The smallest absolute Gasteiger partial charge is 0.193 e. The molecule has 1 fully saturated rings. The summed E-state index contributed by atoms with van der Waals surface area (Å²) in [6.45, 7) is 9.21. The summed E-state index contributed by atoms with van der Waals surface area (Å²) in [4.78, 5) is 6.78. The molecule has 1 rings (SSSR count). The Hall–Kier alpha value is 0.440. The minimum atomic E-state index is 0. The van der Waals surface area contributed by atoms with Gasteiger partial charge in [0.05, 0.1) is 0 Å². The molecule has 0 radical (unpaired) electrons. The molecule has 0 aromatic heterocycles. The maximum Gasteiger partial charge on any atom is 0.193 e. The number of thioether (sulfide) groups is 2. The molecule has 19 heavy (non-hydrogen) atoms. The van der Waals surface area contributed by atoms with Crippen LogP contribution in [0.3, 0.4) is 0 Å². The van der Waals surface area contributed by atoms with E-state index in [1.54, 1.807) is 0 Å². The third kappa shape index (κ3) is 7.70. The first-order chi connectivity index (χ1) is 8.81. The molecule has 0 saturated carbocycles. The molecule has 1 N–H and O–H groups in total. The van der Waals surface area contributed by atoms with Gasteiger partial charge in [0.1, 0.15) is 0 Å². The molecule has 1 atom stereocenters. The van der Waals surface area contributed by atoms with E-state index in [0.29, 0.717) is 0 Å². The van der Waals surface area contributed by atoms with E-state index in [2.05, 4.69) is 40.5 Å². The van der Waals surface area contributed by atoms with Crippen molar-refractivity contribution in [2.45, 2.75) is 18.6 Å². The van der Waals surface area contributed by atoms with Crippen molar-refractivity contribution < 1.29 is 0 Å². The van der Waals surface area contributed by atoms with E-state index in [-0.39, 0.29) is 24.0 Å². The number of nitrogens with one attached hydrogen (secondary N) is 1. The van der Waals surface area contributed by atoms with Crippen LogP contribution in [0.2, 0.25) is 0 Å². The molecular weight excluding hydrogens is 389 g/mol. The summed E-state index contributed by atoms with van der Waals surface area (Å²) in [5, 5.41) is 4.21. The van der Waals surface area contributed by atoms with Gasteiger partial charge in [-0.05, 0) is 6.42 Å². The molecule has 3 nitrogen and oxygen atoms in total. The second-order valence-corrected chi connectivity index (χ2v) is 6.74. The highest BCUT2D eigenvalue weighted by atomic mass is 127. The van der Waals surface area contributed by atoms with Crippen molar-refractivity contribution in [3.05, 3.63) is 12.7 Å². The summed E-state index contributed by atoms with van der Waals surface area (Å²) in [5.74, 6) is 4.40. The summed E-state index contributed by atoms with van der Waals surface area (Å²) in [6.07, 6.45) is 3.19. The van der Waals surface area contributed by atoms with Crippen LogP contribution >= 0.6 is 47.5 Å². The van der Waals surface area contributed by atoms with Crippen molar-refractivity contribution in [1.29, 1.82) is 0 Å². The molecule has 0 spiro atoms. The maximum atomic E-state index is 4.39. The Morgan fingerprint density at radius 2 is 2.42 bits per heavy atom. The highest BCUT2D eigenvalue weighted by molar-refractivity contribution is 14.0. The second kappa shape index (κ2) is 12.2. The molecule has 1 unspecified atom stereocenters. The van der Waals surface area contributed by atoms with Gasteiger partial charge in [0.2, 0.25) is 0 Å². The first-order valence-electron chi connectivity index (χ1n) is 6.57. The SMILES string of the molecule is C=CCSCCNC(=NC)N1CCSC(CC)C1.I. The van der Waals surface area contributed by atoms with Gasteiger partial charge < -0.3 is 10.2 Å². The minimum Gasteiger partial charge on any atom is -0.355 e. The standard InChI is InChI=1S/C13H25N3S2.HI/c1-4-8-17-9-6-15-13(14-3)16-7-10-18-12(5-2)11-16;/h4,12H,1,5-11H2,2-3H3,(H,14,15);1H. The first kappa shape index (κ1) is 19.4. The van der Waals surface area contributed by atoms with Gasteiger partial charge in [-0.1, -0.05) is 13.0 Å². The summed E-state index contributed by atoms with van der Waals surface area (Å²) in [6, 6.07) is 0. The maximum absolute atomic E-state index is 4.39. The molecule has 0 bridgehead atoms. The van der Waals surface area contributed by atoms with Gasteiger partial charge in [-0.25, -0.2) is 0 Å². The highest BCUT2D eigenvalue weighted by Crippen LogP contribution is 2.20. The summed E-state index contributed by atoms with van der Waals surface area (Å²) < 4.78 is 0. The van der Waals surface area contributed by atoms with E-state index >= 15 is 0 Å². The van der Waals surface area contributed by atoms with E-state index in [9.17, 15) is 0 Å². The Bertz CT molecular complexity index is 275. The van der Waals surface area contributed by atoms with Crippen LogP contribution < -0.4 is 5.32 Å². The number of halogens is 1. The van der Waals surface area contributed by atoms with Crippen molar-refractivity contribution >= 4 is 53.5 Å². The molecule has 0 aromatic carbocycles. The fraction of sp³-hybridized carbons (Fsp3) is 0.769. The number of rotatable bonds is 6. The van der Waals surface area contributed by atoms with Crippen molar-refractivity contribution in [1.82, 2.24) is 10.2 Å². The van der Waals surface area contributed by atoms with Crippen LogP contribution in [0.15, 0.2) is 17.6 Å². The highest BCUT2D eigenvalue weighted by Gasteiger charge is 2.20. The molecule has 6 heteroatoms. The molecule has 1 heterocycles. The second-order valence-electron chi connectivity index (χ2n) is 4.18. The molecule has 0 amide bonds. The van der Waals surface area contributed by atoms with Crippen LogP contribution in [0.4, 0.5) is 0 Å². The summed E-state index contributed by atoms with van der Waals surface area (Å²) >= 11 is 3.99. The predicted molar refractivity (Wildman–Crippen MR) is 102 cm³/mol. The molecule has 0 aromatic rings. The largest absolute Gasteiger partial charge is 0.355 e. The van der Waals surface area contributed by atoms with Gasteiger partial charge in [-0.3, -0.25) is 4.99 Å². The van der Waals surface area contributed by atoms with Crippen LogP contribution in [0.5, 0.6) is 0 Å². The normalized spacial score (nSPS) is 19.8. The molecule has 1 aliphatic heterocycles. The third-order valence-corrected chi connectivity index (χ3v) is 5.21. The lowest BCUT2D eigenvalue weighted by Crippen LogP contribution is -2.48. The van der Waals surface area contributed by atoms with E-state index < -0.39 is 0 Å². The number of hydrogen-bond acceptors (Lipinski definition) is 3. The topological polar surface area (TPSA) is 27.6 Å².